The first-order valence-electron chi connectivity index (χ1n) is 8.34. The smallest absolute Gasteiger partial charge is 0.171 e. The predicted molar refractivity (Wildman–Crippen MR) is 114 cm³/mol. The fourth-order valence-electron chi connectivity index (χ4n) is 2.75. The Hall–Kier alpha value is -2.09. The normalized spacial score (nSPS) is 10.9. The third kappa shape index (κ3) is 4.80. The second kappa shape index (κ2) is 8.29. The van der Waals surface area contributed by atoms with Crippen LogP contribution in [0, 0.1) is 13.8 Å². The van der Waals surface area contributed by atoms with Gasteiger partial charge in [-0.05, 0) is 43.8 Å². The Kier molecular flexibility index (Phi) is 6.04. The molecule has 0 radical (unpaired) electrons. The van der Waals surface area contributed by atoms with E-state index in [9.17, 15) is 0 Å². The molecule has 142 valence electrons. The van der Waals surface area contributed by atoms with Crippen molar-refractivity contribution in [3.63, 3.8) is 0 Å². The predicted octanol–water partition coefficient (Wildman–Crippen LogP) is 4.08. The van der Waals surface area contributed by atoms with E-state index < -0.39 is 0 Å². The zero-order valence-corrected chi connectivity index (χ0v) is 17.6. The molecule has 0 fully saturated rings. The summed E-state index contributed by atoms with van der Waals surface area (Å²) in [4.78, 5) is 0. The van der Waals surface area contributed by atoms with Gasteiger partial charge in [-0.1, -0.05) is 29.3 Å². The SMILES string of the molecule is Cc1nn(Cc2ccc(Cl)cc2Cl)c(C)c1NC(=S)NCc1cnn(C)c1. The van der Waals surface area contributed by atoms with E-state index in [4.69, 9.17) is 35.4 Å². The van der Waals surface area contributed by atoms with Crippen molar-refractivity contribution in [2.75, 3.05) is 5.32 Å². The molecule has 0 unspecified atom stereocenters. The fourth-order valence-corrected chi connectivity index (χ4v) is 3.39. The lowest BCUT2D eigenvalue weighted by Crippen LogP contribution is -2.28. The molecule has 0 aliphatic carbocycles. The number of nitrogens with zero attached hydrogens (tertiary/aromatic N) is 4. The molecule has 0 atom stereocenters. The molecule has 0 aliphatic rings. The number of halogens is 2. The van der Waals surface area contributed by atoms with Gasteiger partial charge in [0.1, 0.15) is 0 Å². The monoisotopic (exact) mass is 422 g/mol. The largest absolute Gasteiger partial charge is 0.358 e. The Balaban J connectivity index is 1.68. The molecule has 0 aliphatic heterocycles. The van der Waals surface area contributed by atoms with Crippen LogP contribution in [0.1, 0.15) is 22.5 Å². The van der Waals surface area contributed by atoms with E-state index in [1.807, 2.05) is 43.9 Å². The zero-order valence-electron chi connectivity index (χ0n) is 15.3. The number of hydrogen-bond donors (Lipinski definition) is 2. The molecule has 0 saturated carbocycles. The van der Waals surface area contributed by atoms with Crippen LogP contribution >= 0.6 is 35.4 Å². The second-order valence-electron chi connectivity index (χ2n) is 6.27. The Morgan fingerprint density at radius 2 is 2.04 bits per heavy atom. The van der Waals surface area contributed by atoms with Gasteiger partial charge in [0.15, 0.2) is 5.11 Å². The van der Waals surface area contributed by atoms with Gasteiger partial charge in [-0.3, -0.25) is 9.36 Å². The molecule has 3 rings (SSSR count). The Labute approximate surface area is 173 Å². The third-order valence-electron chi connectivity index (χ3n) is 4.17. The van der Waals surface area contributed by atoms with Crippen LogP contribution in [-0.4, -0.2) is 24.7 Å². The third-order valence-corrected chi connectivity index (χ3v) is 5.00. The van der Waals surface area contributed by atoms with E-state index in [1.165, 1.54) is 0 Å². The van der Waals surface area contributed by atoms with Crippen LogP contribution in [0.3, 0.4) is 0 Å². The van der Waals surface area contributed by atoms with Gasteiger partial charge in [-0.15, -0.1) is 0 Å². The summed E-state index contributed by atoms with van der Waals surface area (Å²) in [6.07, 6.45) is 3.75. The lowest BCUT2D eigenvalue weighted by Gasteiger charge is -2.11. The summed E-state index contributed by atoms with van der Waals surface area (Å²) < 4.78 is 3.66. The van der Waals surface area contributed by atoms with Gasteiger partial charge in [0.2, 0.25) is 0 Å². The van der Waals surface area contributed by atoms with Gasteiger partial charge in [0.05, 0.1) is 29.8 Å². The summed E-state index contributed by atoms with van der Waals surface area (Å²) in [6.45, 7) is 5.10. The fraction of sp³-hybridized carbons (Fsp3) is 0.278. The van der Waals surface area contributed by atoms with Gasteiger partial charge < -0.3 is 10.6 Å². The highest BCUT2D eigenvalue weighted by Crippen LogP contribution is 2.25. The highest BCUT2D eigenvalue weighted by molar-refractivity contribution is 7.80. The summed E-state index contributed by atoms with van der Waals surface area (Å²) in [6, 6.07) is 5.47. The van der Waals surface area contributed by atoms with Crippen LogP contribution in [0.25, 0.3) is 0 Å². The molecular weight excluding hydrogens is 403 g/mol. The van der Waals surface area contributed by atoms with E-state index in [0.29, 0.717) is 28.2 Å². The van der Waals surface area contributed by atoms with Crippen molar-refractivity contribution in [1.29, 1.82) is 0 Å². The van der Waals surface area contributed by atoms with Crippen LogP contribution in [0.5, 0.6) is 0 Å². The molecule has 0 saturated heterocycles. The van der Waals surface area contributed by atoms with Crippen molar-refractivity contribution in [3.05, 3.63) is 63.2 Å². The Morgan fingerprint density at radius 3 is 2.70 bits per heavy atom. The quantitative estimate of drug-likeness (QED) is 0.606. The first-order chi connectivity index (χ1) is 12.8. The van der Waals surface area contributed by atoms with Crippen molar-refractivity contribution in [2.24, 2.45) is 7.05 Å². The van der Waals surface area contributed by atoms with Crippen LogP contribution in [-0.2, 0) is 20.1 Å². The topological polar surface area (TPSA) is 59.7 Å². The maximum atomic E-state index is 6.29. The number of hydrogen-bond acceptors (Lipinski definition) is 3. The molecule has 2 heterocycles. The van der Waals surface area contributed by atoms with Crippen LogP contribution in [0.2, 0.25) is 10.0 Å². The molecule has 2 N–H and O–H groups in total. The van der Waals surface area contributed by atoms with Crippen molar-refractivity contribution >= 4 is 46.2 Å². The van der Waals surface area contributed by atoms with Crippen LogP contribution in [0.15, 0.2) is 30.6 Å². The Morgan fingerprint density at radius 1 is 1.26 bits per heavy atom. The summed E-state index contributed by atoms with van der Waals surface area (Å²) in [5, 5.41) is 16.9. The number of benzene rings is 1. The maximum Gasteiger partial charge on any atom is 0.171 e. The zero-order chi connectivity index (χ0) is 19.6. The second-order valence-corrected chi connectivity index (χ2v) is 7.52. The van der Waals surface area contributed by atoms with Crippen molar-refractivity contribution in [3.8, 4) is 0 Å². The molecule has 0 amide bonds. The molecule has 6 nitrogen and oxygen atoms in total. The molecule has 9 heteroatoms. The van der Waals surface area contributed by atoms with E-state index in [0.717, 1.165) is 28.2 Å². The van der Waals surface area contributed by atoms with Gasteiger partial charge in [-0.2, -0.15) is 10.2 Å². The van der Waals surface area contributed by atoms with Crippen molar-refractivity contribution in [2.45, 2.75) is 26.9 Å². The molecule has 1 aromatic carbocycles. The minimum absolute atomic E-state index is 0.536. The summed E-state index contributed by atoms with van der Waals surface area (Å²) >= 11 is 17.7. The number of aromatic nitrogens is 4. The first kappa shape index (κ1) is 19.7. The lowest BCUT2D eigenvalue weighted by atomic mass is 10.2. The van der Waals surface area contributed by atoms with E-state index in [-0.39, 0.29) is 0 Å². The molecule has 0 spiro atoms. The average Bonchev–Trinajstić information content (AvgIpc) is 3.14. The summed E-state index contributed by atoms with van der Waals surface area (Å²) in [5.41, 5.74) is 4.74. The molecule has 2 aromatic heterocycles. The highest BCUT2D eigenvalue weighted by Gasteiger charge is 2.14. The van der Waals surface area contributed by atoms with E-state index in [2.05, 4.69) is 20.8 Å². The summed E-state index contributed by atoms with van der Waals surface area (Å²) in [7, 11) is 1.88. The highest BCUT2D eigenvalue weighted by atomic mass is 35.5. The average molecular weight is 423 g/mol. The number of rotatable bonds is 5. The maximum absolute atomic E-state index is 6.29. The van der Waals surface area contributed by atoms with Crippen LogP contribution in [0.4, 0.5) is 5.69 Å². The van der Waals surface area contributed by atoms with Gasteiger partial charge in [0.25, 0.3) is 0 Å². The minimum atomic E-state index is 0.536. The van der Waals surface area contributed by atoms with E-state index in [1.54, 1.807) is 16.9 Å². The number of nitrogens with one attached hydrogen (secondary N) is 2. The van der Waals surface area contributed by atoms with Crippen LogP contribution < -0.4 is 10.6 Å². The molecule has 27 heavy (non-hydrogen) atoms. The lowest BCUT2D eigenvalue weighted by molar-refractivity contribution is 0.659. The number of thiocarbonyl (C=S) groups is 1. The van der Waals surface area contributed by atoms with Gasteiger partial charge in [-0.25, -0.2) is 0 Å². The van der Waals surface area contributed by atoms with E-state index >= 15 is 0 Å². The standard InChI is InChI=1S/C18H20Cl2N6S/c1-11-17(23-18(27)21-7-13-8-22-25(3)9-13)12(2)26(24-11)10-14-4-5-15(19)6-16(14)20/h4-6,8-9H,7,10H2,1-3H3,(H2,21,23,27). The molecular formula is C18H20Cl2N6S. The Bertz CT molecular complexity index is 978. The minimum Gasteiger partial charge on any atom is -0.358 e. The number of anilines is 1. The molecule has 3 aromatic rings. The van der Waals surface area contributed by atoms with Crippen molar-refractivity contribution < 1.29 is 0 Å². The molecule has 0 bridgehead atoms. The first-order valence-corrected chi connectivity index (χ1v) is 9.50. The summed E-state index contributed by atoms with van der Waals surface area (Å²) in [5.74, 6) is 0. The van der Waals surface area contributed by atoms with Crippen molar-refractivity contribution in [1.82, 2.24) is 24.9 Å². The van der Waals surface area contributed by atoms with Gasteiger partial charge >= 0.3 is 0 Å². The number of aryl methyl sites for hydroxylation is 2. The van der Waals surface area contributed by atoms with Gasteiger partial charge in [0, 0.05) is 35.4 Å².